The van der Waals surface area contributed by atoms with Crippen LogP contribution in [0.15, 0.2) is 212 Å². The Morgan fingerprint density at radius 2 is 0.975 bits per heavy atom. The van der Waals surface area contributed by atoms with Crippen LogP contribution in [0.5, 0.6) is 5.75 Å². The van der Waals surface area contributed by atoms with Crippen LogP contribution in [0.2, 0.25) is 0 Å². The number of nitrogens with one attached hydrogen (secondary N) is 5. The maximum Gasteiger partial charge on any atom is 1.00 e. The second kappa shape index (κ2) is 37.9. The molecule has 12 aromatic rings. The summed E-state index contributed by atoms with van der Waals surface area (Å²) in [6.45, 7) is 21.7. The maximum absolute atomic E-state index is 12.4. The van der Waals surface area contributed by atoms with Gasteiger partial charge in [-0.3, -0.25) is 18.6 Å². The zero-order chi connectivity index (χ0) is 86.3. The Labute approximate surface area is 728 Å². The van der Waals surface area contributed by atoms with Gasteiger partial charge in [0.1, 0.15) is 46.7 Å². The predicted octanol–water partition coefficient (Wildman–Crippen LogP) is 11.1. The summed E-state index contributed by atoms with van der Waals surface area (Å²) in [4.78, 5) is 71.3. The van der Waals surface area contributed by atoms with E-state index < -0.39 is 21.8 Å². The van der Waals surface area contributed by atoms with Crippen molar-refractivity contribution < 1.29 is 94.6 Å². The first-order valence-electron chi connectivity index (χ1n) is 39.2. The van der Waals surface area contributed by atoms with Crippen molar-refractivity contribution in [2.45, 2.75) is 109 Å². The minimum Gasteiger partial charge on any atom is -0.726 e. The fraction of sp³-hybridized carbons (Fsp3) is 0.245. The summed E-state index contributed by atoms with van der Waals surface area (Å²) in [6, 6.07) is 45.7. The number of hydrogen-bond donors (Lipinski definition) is 6. The second-order valence-electron chi connectivity index (χ2n) is 30.6. The van der Waals surface area contributed by atoms with Gasteiger partial charge in [-0.15, -0.1) is 0 Å². The van der Waals surface area contributed by atoms with Crippen molar-refractivity contribution in [3.8, 4) is 5.75 Å². The van der Waals surface area contributed by atoms with Gasteiger partial charge in [0.2, 0.25) is 10.4 Å². The molecular weight excluding hydrogens is 1580 g/mol. The zero-order valence-corrected chi connectivity index (χ0v) is 74.3. The average molecular weight is 1670 g/mol. The third-order valence-corrected chi connectivity index (χ3v) is 21.3. The van der Waals surface area contributed by atoms with E-state index >= 15 is 0 Å². The molecule has 0 saturated carbocycles. The molecule has 4 aliphatic heterocycles. The largest absolute Gasteiger partial charge is 1.00 e. The van der Waals surface area contributed by atoms with Crippen LogP contribution in [0.4, 0.5) is 0 Å². The molecule has 8 aromatic heterocycles. The number of benzene rings is 4. The van der Waals surface area contributed by atoms with Crippen molar-refractivity contribution in [1.82, 2.24) is 38.6 Å². The number of aliphatic imine (C=N–C) groups is 3. The molecule has 16 rings (SSSR count). The van der Waals surface area contributed by atoms with E-state index in [-0.39, 0.29) is 67.9 Å². The molecule has 0 radical (unpaired) electrons. The number of esters is 2. The van der Waals surface area contributed by atoms with Crippen molar-refractivity contribution in [1.29, 1.82) is 0 Å². The van der Waals surface area contributed by atoms with E-state index in [1.165, 1.54) is 7.11 Å². The Bertz CT molecular complexity index is 6740. The van der Waals surface area contributed by atoms with Gasteiger partial charge in [0.25, 0.3) is 0 Å². The smallest absolute Gasteiger partial charge is 0.726 e. The van der Waals surface area contributed by atoms with Gasteiger partial charge < -0.3 is 76.7 Å². The molecule has 0 aliphatic carbocycles. The number of aromatic amines is 5. The molecule has 0 saturated heterocycles. The number of rotatable bonds is 22. The standard InChI is InChI=1S/C26H29N3O3.C24H25N3O3.C22H23N3O5S.C22H21N3O3.Na/c1-16-11-17(2)27-19(16)13-21-24(31-6)14-20(28-21)23-12-18-9-7-8-10-22(18)29(23)15-32-25(30)26(3,4)5;1-14-17(9-10-24(28)30-4)15(2)25-19(14)12-22-23(29-3)13-21(27-22)20-11-16-7-5-6-8-18(16)26-20;1-14-10-15(2)23-17(14)12-19-22(29-3)13-18(24-19)21-11-16-6-4-5-7-20(16)25(21)8-9-30-31(26,27)28;1-13-8-14(2)23-16(13)10-18-21(28-3)11-17(24-18)20-9-15-6-4-5-7-19(15)25(20)12-22(26)27;/h7-14,27H,15H2,1-6H3;5-8,11-13,25,27H,9-10H2,1-4H3;4-7,10-13,23H,8-9H2,1-3H3,(H,26,27,28);4-11,23H,12H2,1-3H3,(H,26,27);/q;;;;+1/p-1/b21-13-;21-20?,22-12+;19-12-;18-10-;. The molecule has 26 nitrogen and oxygen atoms in total. The maximum atomic E-state index is 12.4. The summed E-state index contributed by atoms with van der Waals surface area (Å²) in [7, 11) is 3.16. The van der Waals surface area contributed by atoms with Crippen LogP contribution in [0.3, 0.4) is 0 Å². The summed E-state index contributed by atoms with van der Waals surface area (Å²) < 4.78 is 75.3. The molecule has 28 heteroatoms. The first-order valence-corrected chi connectivity index (χ1v) is 40.5. The number of carboxylic acid groups (broad SMARTS) is 1. The number of hydrogen-bond acceptors (Lipinski definition) is 17. The Hall–Kier alpha value is -12.8. The van der Waals surface area contributed by atoms with E-state index in [0.717, 1.165) is 167 Å². The van der Waals surface area contributed by atoms with Gasteiger partial charge in [-0.25, -0.2) is 28.4 Å². The van der Waals surface area contributed by atoms with E-state index in [0.29, 0.717) is 52.9 Å². The first-order chi connectivity index (χ1) is 57.9. The minimum atomic E-state index is -4.76. The summed E-state index contributed by atoms with van der Waals surface area (Å²) in [5.74, 6) is 1.36. The Morgan fingerprint density at radius 1 is 0.525 bits per heavy atom. The Morgan fingerprint density at radius 3 is 1.41 bits per heavy atom. The van der Waals surface area contributed by atoms with Gasteiger partial charge in [0.15, 0.2) is 6.73 Å². The molecule has 0 bridgehead atoms. The summed E-state index contributed by atoms with van der Waals surface area (Å²) >= 11 is 0. The zero-order valence-electron chi connectivity index (χ0n) is 71.4. The number of aryl methyl sites for hydroxylation is 7. The fourth-order valence-corrected chi connectivity index (χ4v) is 15.2. The van der Waals surface area contributed by atoms with Crippen molar-refractivity contribution >= 4 is 114 Å². The second-order valence-corrected chi connectivity index (χ2v) is 31.6. The van der Waals surface area contributed by atoms with Crippen LogP contribution in [-0.2, 0) is 78.9 Å². The number of carbonyl (C=O) groups is 3. The first kappa shape index (κ1) is 88.5. The number of methoxy groups -OCH3 is 5. The average Bonchev–Trinajstić information content (AvgIpc) is 1.63. The van der Waals surface area contributed by atoms with Crippen molar-refractivity contribution in [3.05, 3.63) is 304 Å². The van der Waals surface area contributed by atoms with Gasteiger partial charge >= 0.3 is 47.5 Å². The van der Waals surface area contributed by atoms with Gasteiger partial charge in [0.05, 0.1) is 109 Å². The molecule has 4 aromatic carbocycles. The number of carboxylic acids is 1. The molecule has 0 amide bonds. The van der Waals surface area contributed by atoms with Gasteiger partial charge in [-0.2, -0.15) is 0 Å². The van der Waals surface area contributed by atoms with Crippen LogP contribution in [0, 0.1) is 60.8 Å². The minimum absolute atomic E-state index is 0. The Balaban J connectivity index is 0.000000148. The van der Waals surface area contributed by atoms with Crippen molar-refractivity contribution in [3.63, 3.8) is 0 Å². The Kier molecular flexibility index (Phi) is 27.5. The van der Waals surface area contributed by atoms with Crippen molar-refractivity contribution in [2.24, 2.45) is 25.4 Å². The number of nitrogens with zero attached hydrogens (tertiary/aromatic N) is 7. The molecule has 122 heavy (non-hydrogen) atoms. The van der Waals surface area contributed by atoms with Crippen LogP contribution in [-0.4, -0.2) is 134 Å². The summed E-state index contributed by atoms with van der Waals surface area (Å²) in [5.41, 5.74) is 23.5. The number of aliphatic carboxylic acids is 1. The van der Waals surface area contributed by atoms with E-state index in [9.17, 15) is 32.5 Å². The molecule has 0 atom stereocenters. The van der Waals surface area contributed by atoms with E-state index in [4.69, 9.17) is 48.4 Å². The van der Waals surface area contributed by atoms with Gasteiger partial charge in [-0.1, -0.05) is 72.8 Å². The molecule has 12 heterocycles. The topological polar surface area (TPSA) is 336 Å². The summed E-state index contributed by atoms with van der Waals surface area (Å²) in [6.07, 6.45) is 16.6. The van der Waals surface area contributed by atoms with Crippen LogP contribution in [0.25, 0.3) is 68.8 Å². The molecule has 6 N–H and O–H groups in total. The van der Waals surface area contributed by atoms with Gasteiger partial charge in [-0.05, 0) is 201 Å². The van der Waals surface area contributed by atoms with Crippen molar-refractivity contribution in [2.75, 3.05) is 42.2 Å². The number of fused-ring (bicyclic) bond motifs is 4. The number of allylic oxidation sites excluding steroid dienone is 3. The number of aromatic nitrogens is 8. The van der Waals surface area contributed by atoms with Gasteiger partial charge in [0, 0.05) is 115 Å². The molecule has 4 aliphatic rings. The van der Waals surface area contributed by atoms with Crippen LogP contribution >= 0.6 is 0 Å². The van der Waals surface area contributed by atoms with Crippen LogP contribution in [0.1, 0.15) is 118 Å². The summed E-state index contributed by atoms with van der Waals surface area (Å²) in [5, 5.41) is 16.2. The fourth-order valence-electron chi connectivity index (χ4n) is 14.9. The quantitative estimate of drug-likeness (QED) is 0.0159. The molecule has 0 spiro atoms. The van der Waals surface area contributed by atoms with E-state index in [1.807, 2.05) is 223 Å². The van der Waals surface area contributed by atoms with E-state index in [1.54, 1.807) is 33.0 Å². The number of ether oxygens (including phenoxy) is 6. The van der Waals surface area contributed by atoms with E-state index in [2.05, 4.69) is 79.4 Å². The molecular formula is C94H97N12NaO14S. The molecule has 0 unspecified atom stereocenters. The SMILES string of the molecule is COC(=O)CCc1c(C)[nH]c(/C=c2/[nH]c(=C3C=c4ccccc4=N3)cc2OC)c1C.COC1=CC(c2cc3ccccc3n2CC(=O)O)=N/C1=C\c1[nH]c(C)cc1C.COC1=CC(c2cc3ccccc3n2CCOS(=O)(=O)[O-])=N/C1=C\c1[nH]c(C)cc1C.COC1=CC(c2cc3ccccc3n2COC(=O)C(C)(C)C)=N/C1=C\c1[nH]c(C)cc1C.[Na+]. The normalized spacial score (nSPS) is 15.1. The predicted molar refractivity (Wildman–Crippen MR) is 470 cm³/mol. The number of para-hydroxylation sites is 4. The third-order valence-electron chi connectivity index (χ3n) is 20.9. The number of H-pyrrole nitrogens is 5. The number of carbonyl (C=O) groups excluding carboxylic acids is 2. The molecule has 0 fully saturated rings. The third kappa shape index (κ3) is 20.3. The molecule has 624 valence electrons. The van der Waals surface area contributed by atoms with Crippen LogP contribution < -0.4 is 55.6 Å². The monoisotopic (exact) mass is 1670 g/mol.